The lowest BCUT2D eigenvalue weighted by molar-refractivity contribution is -0.142. The van der Waals surface area contributed by atoms with E-state index in [1.54, 1.807) is 0 Å². The zero-order chi connectivity index (χ0) is 13.1. The minimum atomic E-state index is -1.84. The third kappa shape index (κ3) is 3.09. The topological polar surface area (TPSA) is 52.3 Å². The highest BCUT2D eigenvalue weighted by atomic mass is 28.3. The van der Waals surface area contributed by atoms with Crippen LogP contribution in [0.3, 0.4) is 0 Å². The maximum absolute atomic E-state index is 11.8. The Balaban J connectivity index is 2.93. The Bertz CT molecular complexity index is 387. The number of nitrogen functional groups attached to an aromatic ring is 1. The van der Waals surface area contributed by atoms with Crippen LogP contribution in [0, 0.1) is 0 Å². The molecule has 0 aliphatic rings. The van der Waals surface area contributed by atoms with Gasteiger partial charge in [0.2, 0.25) is 0 Å². The molecule has 0 heterocycles. The van der Waals surface area contributed by atoms with E-state index in [9.17, 15) is 4.79 Å². The molecule has 2 N–H and O–H groups in total. The first kappa shape index (κ1) is 13.8. The Kier molecular flexibility index (Phi) is 4.34. The minimum Gasteiger partial charge on any atom is -0.466 e. The molecule has 0 saturated carbocycles. The number of carbonyl (C=O) groups excluding carboxylic acids is 1. The lowest BCUT2D eigenvalue weighted by Crippen LogP contribution is -2.48. The molecule has 0 amide bonds. The second kappa shape index (κ2) is 5.36. The third-order valence-corrected chi connectivity index (χ3v) is 7.60. The summed E-state index contributed by atoms with van der Waals surface area (Å²) in [7, 11) is -1.84. The van der Waals surface area contributed by atoms with E-state index in [4.69, 9.17) is 10.5 Å². The summed E-state index contributed by atoms with van der Waals surface area (Å²) in [4.78, 5) is 11.8. The number of ether oxygens (including phenoxy) is 1. The molecule has 0 bridgehead atoms. The first-order valence-electron chi connectivity index (χ1n) is 5.92. The van der Waals surface area contributed by atoms with Gasteiger partial charge >= 0.3 is 5.97 Å². The van der Waals surface area contributed by atoms with Crippen molar-refractivity contribution in [3.63, 3.8) is 0 Å². The first-order chi connectivity index (χ1) is 7.89. The molecular formula is C13H21NO2Si. The number of hydrogen-bond acceptors (Lipinski definition) is 3. The molecule has 0 radical (unpaired) electrons. The van der Waals surface area contributed by atoms with Gasteiger partial charge in [-0.05, 0) is 19.1 Å². The standard InChI is InChI=1S/C13H21NO2Si/c1-5-16-13(15)10(2)17(3,4)12-8-6-11(14)7-9-12/h6-10H,5,14H2,1-4H3/t10-/m1/s1. The van der Waals surface area contributed by atoms with Gasteiger partial charge in [-0.1, -0.05) is 37.3 Å². The average Bonchev–Trinajstić information content (AvgIpc) is 2.29. The number of esters is 1. The number of hydrogen-bond donors (Lipinski definition) is 1. The van der Waals surface area contributed by atoms with Crippen molar-refractivity contribution in [2.45, 2.75) is 32.5 Å². The van der Waals surface area contributed by atoms with Crippen LogP contribution in [-0.2, 0) is 9.53 Å². The van der Waals surface area contributed by atoms with E-state index in [0.717, 1.165) is 5.69 Å². The Morgan fingerprint density at radius 2 is 1.88 bits per heavy atom. The fourth-order valence-corrected chi connectivity index (χ4v) is 3.92. The highest BCUT2D eigenvalue weighted by Gasteiger charge is 2.36. The van der Waals surface area contributed by atoms with Crippen LogP contribution in [0.15, 0.2) is 24.3 Å². The quantitative estimate of drug-likeness (QED) is 0.507. The Morgan fingerprint density at radius 1 is 1.35 bits per heavy atom. The van der Waals surface area contributed by atoms with Crippen molar-refractivity contribution < 1.29 is 9.53 Å². The Morgan fingerprint density at radius 3 is 2.35 bits per heavy atom. The van der Waals surface area contributed by atoms with Crippen molar-refractivity contribution >= 4 is 24.9 Å². The Labute approximate surface area is 104 Å². The van der Waals surface area contributed by atoms with Crippen LogP contribution < -0.4 is 10.9 Å². The van der Waals surface area contributed by atoms with Gasteiger partial charge in [-0.3, -0.25) is 4.79 Å². The fraction of sp³-hybridized carbons (Fsp3) is 0.462. The second-order valence-corrected chi connectivity index (χ2v) is 9.70. The van der Waals surface area contributed by atoms with E-state index in [1.807, 2.05) is 38.1 Å². The van der Waals surface area contributed by atoms with Crippen LogP contribution in [-0.4, -0.2) is 20.7 Å². The van der Waals surface area contributed by atoms with Crippen LogP contribution in [0.5, 0.6) is 0 Å². The number of benzene rings is 1. The molecule has 0 fully saturated rings. The van der Waals surface area contributed by atoms with Gasteiger partial charge in [0, 0.05) is 5.69 Å². The van der Waals surface area contributed by atoms with Gasteiger partial charge in [-0.25, -0.2) is 0 Å². The molecule has 1 aromatic carbocycles. The maximum Gasteiger partial charge on any atom is 0.306 e. The zero-order valence-corrected chi connectivity index (χ0v) is 12.0. The second-order valence-electron chi connectivity index (χ2n) is 4.82. The molecule has 0 aliphatic carbocycles. The smallest absolute Gasteiger partial charge is 0.306 e. The monoisotopic (exact) mass is 251 g/mol. The SMILES string of the molecule is CCOC(=O)[C@@H](C)[Si](C)(C)c1ccc(N)cc1. The summed E-state index contributed by atoms with van der Waals surface area (Å²) in [6.45, 7) is 8.60. The zero-order valence-electron chi connectivity index (χ0n) is 11.0. The molecule has 1 aromatic rings. The summed E-state index contributed by atoms with van der Waals surface area (Å²) in [5.74, 6) is -0.0963. The lowest BCUT2D eigenvalue weighted by Gasteiger charge is -2.28. The van der Waals surface area contributed by atoms with Crippen molar-refractivity contribution in [2.24, 2.45) is 0 Å². The van der Waals surface area contributed by atoms with E-state index >= 15 is 0 Å². The summed E-state index contributed by atoms with van der Waals surface area (Å²) < 4.78 is 5.11. The van der Waals surface area contributed by atoms with E-state index in [-0.39, 0.29) is 11.5 Å². The number of carbonyl (C=O) groups is 1. The van der Waals surface area contributed by atoms with Crippen LogP contribution in [0.2, 0.25) is 18.6 Å². The summed E-state index contributed by atoms with van der Waals surface area (Å²) in [6, 6.07) is 7.83. The molecule has 0 unspecified atom stereocenters. The molecule has 17 heavy (non-hydrogen) atoms. The summed E-state index contributed by atoms with van der Waals surface area (Å²) in [5.41, 5.74) is 6.38. The molecule has 0 spiro atoms. The first-order valence-corrected chi connectivity index (χ1v) is 9.00. The van der Waals surface area contributed by atoms with Crippen molar-refractivity contribution in [3.8, 4) is 0 Å². The van der Waals surface area contributed by atoms with E-state index in [0.29, 0.717) is 6.61 Å². The molecule has 0 aromatic heterocycles. The molecule has 0 aliphatic heterocycles. The molecule has 4 heteroatoms. The van der Waals surface area contributed by atoms with Gasteiger partial charge in [-0.15, -0.1) is 0 Å². The number of nitrogens with two attached hydrogens (primary N) is 1. The van der Waals surface area contributed by atoms with Gasteiger partial charge in [0.25, 0.3) is 0 Å². The van der Waals surface area contributed by atoms with Crippen LogP contribution >= 0.6 is 0 Å². The molecular weight excluding hydrogens is 230 g/mol. The van der Waals surface area contributed by atoms with E-state index in [2.05, 4.69) is 13.1 Å². The van der Waals surface area contributed by atoms with Crippen LogP contribution in [0.1, 0.15) is 13.8 Å². The van der Waals surface area contributed by atoms with Gasteiger partial charge in [-0.2, -0.15) is 0 Å². The number of anilines is 1. The molecule has 94 valence electrons. The lowest BCUT2D eigenvalue weighted by atomic mass is 10.3. The molecule has 1 rings (SSSR count). The van der Waals surface area contributed by atoms with Crippen molar-refractivity contribution in [2.75, 3.05) is 12.3 Å². The third-order valence-electron chi connectivity index (χ3n) is 3.38. The van der Waals surface area contributed by atoms with E-state index < -0.39 is 8.07 Å². The molecule has 1 atom stereocenters. The summed E-state index contributed by atoms with van der Waals surface area (Å²) in [6.07, 6.45) is 0. The fourth-order valence-electron chi connectivity index (χ4n) is 1.72. The maximum atomic E-state index is 11.8. The van der Waals surface area contributed by atoms with Crippen molar-refractivity contribution in [1.82, 2.24) is 0 Å². The number of rotatable bonds is 4. The van der Waals surface area contributed by atoms with Gasteiger partial charge in [0.15, 0.2) is 0 Å². The normalized spacial score (nSPS) is 13.2. The van der Waals surface area contributed by atoms with Crippen LogP contribution in [0.4, 0.5) is 5.69 Å². The van der Waals surface area contributed by atoms with Gasteiger partial charge in [0.1, 0.15) is 0 Å². The Hall–Kier alpha value is -1.29. The molecule has 3 nitrogen and oxygen atoms in total. The van der Waals surface area contributed by atoms with Crippen LogP contribution in [0.25, 0.3) is 0 Å². The van der Waals surface area contributed by atoms with Gasteiger partial charge < -0.3 is 10.5 Å². The highest BCUT2D eigenvalue weighted by Crippen LogP contribution is 2.23. The predicted octanol–water partition coefficient (Wildman–Crippen LogP) is 2.14. The average molecular weight is 251 g/mol. The van der Waals surface area contributed by atoms with E-state index in [1.165, 1.54) is 5.19 Å². The largest absolute Gasteiger partial charge is 0.466 e. The van der Waals surface area contributed by atoms with Gasteiger partial charge in [0.05, 0.1) is 20.2 Å². The molecule has 0 saturated heterocycles. The minimum absolute atomic E-state index is 0.0499. The summed E-state index contributed by atoms with van der Waals surface area (Å²) in [5, 5.41) is 1.23. The predicted molar refractivity (Wildman–Crippen MR) is 74.0 cm³/mol. The highest BCUT2D eigenvalue weighted by molar-refractivity contribution is 6.93. The van der Waals surface area contributed by atoms with Crippen molar-refractivity contribution in [3.05, 3.63) is 24.3 Å². The summed E-state index contributed by atoms with van der Waals surface area (Å²) >= 11 is 0. The van der Waals surface area contributed by atoms with Crippen molar-refractivity contribution in [1.29, 1.82) is 0 Å².